The van der Waals surface area contributed by atoms with Crippen LogP contribution < -0.4 is 9.47 Å². The monoisotopic (exact) mass is 481 g/mol. The number of oxime groups is 1. The van der Waals surface area contributed by atoms with Gasteiger partial charge in [-0.05, 0) is 24.1 Å². The van der Waals surface area contributed by atoms with Crippen LogP contribution in [-0.2, 0) is 11.4 Å². The van der Waals surface area contributed by atoms with Gasteiger partial charge in [0.2, 0.25) is 0 Å². The van der Waals surface area contributed by atoms with Gasteiger partial charge in [-0.2, -0.15) is 0 Å². The fourth-order valence-electron chi connectivity index (χ4n) is 1.92. The van der Waals surface area contributed by atoms with Gasteiger partial charge in [0.25, 0.3) is 0 Å². The summed E-state index contributed by atoms with van der Waals surface area (Å²) >= 11 is 25.2. The maximum atomic E-state index is 6.27. The second-order valence-corrected chi connectivity index (χ2v) is 9.06. The van der Waals surface area contributed by atoms with Crippen molar-refractivity contribution in [1.82, 2.24) is 0 Å². The van der Waals surface area contributed by atoms with Gasteiger partial charge >= 0.3 is 0 Å². The molecular formula is C19H19Cl4NO3S. The molecule has 0 aliphatic carbocycles. The molecule has 0 aliphatic heterocycles. The number of nitrogens with zero attached hydrogens (tertiary/aromatic N) is 1. The van der Waals surface area contributed by atoms with Crippen molar-refractivity contribution in [2.75, 3.05) is 13.2 Å². The molecular weight excluding hydrogens is 464 g/mol. The molecule has 152 valence electrons. The zero-order chi connectivity index (χ0) is 20.5. The molecule has 9 heteroatoms. The maximum Gasteiger partial charge on any atom is 0.157 e. The Balaban J connectivity index is 1.93. The first-order valence-electron chi connectivity index (χ1n) is 8.35. The molecule has 1 aromatic carbocycles. The number of halogens is 4. The van der Waals surface area contributed by atoms with Gasteiger partial charge < -0.3 is 14.3 Å². The van der Waals surface area contributed by atoms with Crippen LogP contribution in [0.25, 0.3) is 0 Å². The van der Waals surface area contributed by atoms with Gasteiger partial charge in [-0.25, -0.2) is 0 Å². The number of thiophene rings is 1. The van der Waals surface area contributed by atoms with Gasteiger partial charge in [0.1, 0.15) is 30.1 Å². The van der Waals surface area contributed by atoms with E-state index < -0.39 is 0 Å². The van der Waals surface area contributed by atoms with Gasteiger partial charge in [0.15, 0.2) is 5.75 Å². The molecule has 1 heterocycles. The summed E-state index contributed by atoms with van der Waals surface area (Å²) in [6.45, 7) is 5.25. The van der Waals surface area contributed by atoms with Crippen LogP contribution in [-0.4, -0.2) is 19.4 Å². The van der Waals surface area contributed by atoms with E-state index in [1.54, 1.807) is 29.7 Å². The van der Waals surface area contributed by atoms with E-state index in [1.165, 1.54) is 6.08 Å². The Morgan fingerprint density at radius 2 is 1.86 bits per heavy atom. The highest BCUT2D eigenvalue weighted by Gasteiger charge is 2.11. The molecule has 2 aromatic rings. The quantitative estimate of drug-likeness (QED) is 0.262. The van der Waals surface area contributed by atoms with Crippen molar-refractivity contribution in [2.45, 2.75) is 20.5 Å². The van der Waals surface area contributed by atoms with Gasteiger partial charge in [-0.15, -0.1) is 11.3 Å². The minimum atomic E-state index is 0.129. The first-order valence-corrected chi connectivity index (χ1v) is 10.7. The van der Waals surface area contributed by atoms with Crippen molar-refractivity contribution < 1.29 is 14.3 Å². The Morgan fingerprint density at radius 3 is 2.50 bits per heavy atom. The number of hydrogen-bond acceptors (Lipinski definition) is 5. The van der Waals surface area contributed by atoms with Crippen molar-refractivity contribution in [2.24, 2.45) is 11.1 Å². The Morgan fingerprint density at radius 1 is 1.14 bits per heavy atom. The van der Waals surface area contributed by atoms with Crippen LogP contribution in [0.1, 0.15) is 23.6 Å². The normalized spacial score (nSPS) is 11.1. The Kier molecular flexibility index (Phi) is 9.75. The standard InChI is InChI=1S/C19H19Cl4NO3S/c1-12(2)10-27-24-9-14-3-4-15(28-14)11-26-19-16(20)7-13(8-17(19)21)25-6-5-18(22)23/h3-5,7-9,12H,6,10-11H2,1-2H3. The van der Waals surface area contributed by atoms with Gasteiger partial charge in [-0.3, -0.25) is 0 Å². The molecule has 4 nitrogen and oxygen atoms in total. The third-order valence-corrected chi connectivity index (χ3v) is 5.03. The molecule has 0 N–H and O–H groups in total. The number of hydrogen-bond donors (Lipinski definition) is 0. The first-order chi connectivity index (χ1) is 13.3. The van der Waals surface area contributed by atoms with E-state index in [0.29, 0.717) is 40.7 Å². The lowest BCUT2D eigenvalue weighted by atomic mass is 10.2. The van der Waals surface area contributed by atoms with Gasteiger partial charge in [0.05, 0.1) is 16.3 Å². The van der Waals surface area contributed by atoms with E-state index in [4.69, 9.17) is 60.7 Å². The zero-order valence-corrected chi connectivity index (χ0v) is 19.1. The predicted molar refractivity (Wildman–Crippen MR) is 119 cm³/mol. The molecule has 28 heavy (non-hydrogen) atoms. The fourth-order valence-corrected chi connectivity index (χ4v) is 3.42. The molecule has 0 fully saturated rings. The Labute approximate surface area is 188 Å². The van der Waals surface area contributed by atoms with E-state index in [1.807, 2.05) is 12.1 Å². The van der Waals surface area contributed by atoms with E-state index >= 15 is 0 Å². The molecule has 0 spiro atoms. The van der Waals surface area contributed by atoms with Crippen LogP contribution in [0.3, 0.4) is 0 Å². The zero-order valence-electron chi connectivity index (χ0n) is 15.3. The molecule has 0 atom stereocenters. The Hall–Kier alpha value is -1.11. The molecule has 1 aromatic heterocycles. The Bertz CT molecular complexity index is 809. The number of ether oxygens (including phenoxy) is 2. The van der Waals surface area contributed by atoms with Crippen LogP contribution >= 0.6 is 57.7 Å². The highest BCUT2D eigenvalue weighted by molar-refractivity contribution is 7.13. The molecule has 0 aliphatic rings. The molecule has 2 rings (SSSR count). The van der Waals surface area contributed by atoms with Crippen molar-refractivity contribution in [3.05, 3.63) is 54.6 Å². The summed E-state index contributed by atoms with van der Waals surface area (Å²) in [4.78, 5) is 7.17. The summed E-state index contributed by atoms with van der Waals surface area (Å²) in [7, 11) is 0. The summed E-state index contributed by atoms with van der Waals surface area (Å²) in [5.74, 6) is 1.32. The van der Waals surface area contributed by atoms with E-state index in [-0.39, 0.29) is 11.1 Å². The van der Waals surface area contributed by atoms with Crippen LogP contribution in [0.2, 0.25) is 10.0 Å². The number of benzene rings is 1. The highest BCUT2D eigenvalue weighted by Crippen LogP contribution is 2.37. The average Bonchev–Trinajstić information content (AvgIpc) is 3.05. The lowest BCUT2D eigenvalue weighted by molar-refractivity contribution is 0.120. The van der Waals surface area contributed by atoms with Crippen LogP contribution in [0, 0.1) is 5.92 Å². The SMILES string of the molecule is CC(C)CON=Cc1ccc(COc2c(Cl)cc(OCC=C(Cl)Cl)cc2Cl)s1. The minimum absolute atomic E-state index is 0.129. The van der Waals surface area contributed by atoms with Crippen molar-refractivity contribution in [3.8, 4) is 11.5 Å². The summed E-state index contributed by atoms with van der Waals surface area (Å²) in [6, 6.07) is 7.14. The van der Waals surface area contributed by atoms with Gasteiger partial charge in [-0.1, -0.05) is 65.4 Å². The lowest BCUT2D eigenvalue weighted by Crippen LogP contribution is -1.97. The highest BCUT2D eigenvalue weighted by atomic mass is 35.5. The van der Waals surface area contributed by atoms with Crippen molar-refractivity contribution >= 4 is 64.0 Å². The van der Waals surface area contributed by atoms with E-state index in [2.05, 4.69) is 19.0 Å². The third kappa shape index (κ3) is 8.10. The third-order valence-electron chi connectivity index (χ3n) is 3.16. The van der Waals surface area contributed by atoms with E-state index in [0.717, 1.165) is 9.75 Å². The molecule has 0 bridgehead atoms. The van der Waals surface area contributed by atoms with Crippen molar-refractivity contribution in [3.63, 3.8) is 0 Å². The minimum Gasteiger partial charge on any atom is -0.489 e. The summed E-state index contributed by atoms with van der Waals surface area (Å²) in [6.07, 6.45) is 3.20. The lowest BCUT2D eigenvalue weighted by Gasteiger charge is -2.11. The van der Waals surface area contributed by atoms with Crippen molar-refractivity contribution in [1.29, 1.82) is 0 Å². The number of rotatable bonds is 10. The van der Waals surface area contributed by atoms with Gasteiger partial charge in [0, 0.05) is 21.9 Å². The summed E-state index contributed by atoms with van der Waals surface area (Å²) < 4.78 is 11.4. The summed E-state index contributed by atoms with van der Waals surface area (Å²) in [5, 5.41) is 4.66. The topological polar surface area (TPSA) is 40.0 Å². The fraction of sp³-hybridized carbons (Fsp3) is 0.316. The smallest absolute Gasteiger partial charge is 0.157 e. The average molecular weight is 483 g/mol. The molecule has 0 unspecified atom stereocenters. The summed E-state index contributed by atoms with van der Waals surface area (Å²) in [5.41, 5.74) is 0. The second kappa shape index (κ2) is 11.8. The largest absolute Gasteiger partial charge is 0.489 e. The first kappa shape index (κ1) is 23.2. The van der Waals surface area contributed by atoms with E-state index in [9.17, 15) is 0 Å². The molecule has 0 saturated heterocycles. The van der Waals surface area contributed by atoms with Crippen LogP contribution in [0.15, 0.2) is 40.0 Å². The predicted octanol–water partition coefficient (Wildman–Crippen LogP) is 7.34. The van der Waals surface area contributed by atoms with Crippen LogP contribution in [0.5, 0.6) is 11.5 Å². The second-order valence-electron chi connectivity index (χ2n) is 6.04. The molecule has 0 radical (unpaired) electrons. The maximum absolute atomic E-state index is 6.27. The molecule has 0 saturated carbocycles. The van der Waals surface area contributed by atoms with Crippen LogP contribution in [0.4, 0.5) is 0 Å². The molecule has 0 amide bonds.